The Balaban J connectivity index is 2.40. The van der Waals surface area contributed by atoms with Crippen molar-refractivity contribution in [3.8, 4) is 6.07 Å². The molecule has 94 valence electrons. The van der Waals surface area contributed by atoms with Crippen LogP contribution in [-0.2, 0) is 0 Å². The van der Waals surface area contributed by atoms with Gasteiger partial charge in [-0.3, -0.25) is 10.1 Å². The molecule has 0 fully saturated rings. The van der Waals surface area contributed by atoms with Crippen LogP contribution in [0, 0.1) is 21.4 Å². The maximum absolute atomic E-state index is 11.0. The zero-order chi connectivity index (χ0) is 13.8. The molecular formula is C13H10N4O2. The van der Waals surface area contributed by atoms with Crippen LogP contribution in [0.5, 0.6) is 0 Å². The number of hydrogen-bond acceptors (Lipinski definition) is 5. The summed E-state index contributed by atoms with van der Waals surface area (Å²) in [6.45, 7) is 0. The molecule has 6 heteroatoms. The predicted molar refractivity (Wildman–Crippen MR) is 71.9 cm³/mol. The van der Waals surface area contributed by atoms with Gasteiger partial charge >= 0.3 is 0 Å². The largest absolute Gasteiger partial charge is 0.399 e. The van der Waals surface area contributed by atoms with Gasteiger partial charge in [-0.05, 0) is 30.3 Å². The van der Waals surface area contributed by atoms with Crippen molar-refractivity contribution in [2.75, 3.05) is 11.1 Å². The van der Waals surface area contributed by atoms with Gasteiger partial charge in [0, 0.05) is 17.4 Å². The number of rotatable bonds is 3. The molecular weight excluding hydrogens is 244 g/mol. The molecule has 0 saturated heterocycles. The van der Waals surface area contributed by atoms with Crippen molar-refractivity contribution in [1.82, 2.24) is 0 Å². The Labute approximate surface area is 109 Å². The molecule has 0 aliphatic heterocycles. The highest BCUT2D eigenvalue weighted by molar-refractivity contribution is 5.72. The van der Waals surface area contributed by atoms with Crippen LogP contribution >= 0.6 is 0 Å². The Bertz CT molecular complexity index is 677. The fourth-order valence-electron chi connectivity index (χ4n) is 1.63. The minimum atomic E-state index is -0.532. The second kappa shape index (κ2) is 5.06. The molecule has 0 aliphatic carbocycles. The van der Waals surface area contributed by atoms with Gasteiger partial charge in [0.15, 0.2) is 0 Å². The lowest BCUT2D eigenvalue weighted by Gasteiger charge is -2.07. The first-order chi connectivity index (χ1) is 9.10. The predicted octanol–water partition coefficient (Wildman–Crippen LogP) is 2.79. The topological polar surface area (TPSA) is 105 Å². The van der Waals surface area contributed by atoms with Crippen molar-refractivity contribution in [1.29, 1.82) is 5.26 Å². The highest BCUT2D eigenvalue weighted by Crippen LogP contribution is 2.28. The molecule has 0 heterocycles. The first-order valence-electron chi connectivity index (χ1n) is 5.41. The van der Waals surface area contributed by atoms with Crippen LogP contribution in [0.2, 0.25) is 0 Å². The fourth-order valence-corrected chi connectivity index (χ4v) is 1.63. The molecule has 0 aromatic heterocycles. The SMILES string of the molecule is N#Cc1ccc(Nc2cccc(N)c2)c([N+](=O)[O-])c1. The molecule has 2 aromatic carbocycles. The number of hydrogen-bond donors (Lipinski definition) is 2. The number of nitrogens with one attached hydrogen (secondary N) is 1. The molecule has 2 rings (SSSR count). The first-order valence-corrected chi connectivity index (χ1v) is 5.41. The third-order valence-electron chi connectivity index (χ3n) is 2.49. The maximum Gasteiger partial charge on any atom is 0.293 e. The van der Waals surface area contributed by atoms with Crippen LogP contribution in [0.25, 0.3) is 0 Å². The molecule has 0 atom stereocenters. The lowest BCUT2D eigenvalue weighted by molar-refractivity contribution is -0.383. The van der Waals surface area contributed by atoms with E-state index in [9.17, 15) is 10.1 Å². The molecule has 0 bridgehead atoms. The average Bonchev–Trinajstić information content (AvgIpc) is 2.39. The van der Waals surface area contributed by atoms with Crippen molar-refractivity contribution in [3.63, 3.8) is 0 Å². The Kier molecular flexibility index (Phi) is 3.30. The van der Waals surface area contributed by atoms with Gasteiger partial charge in [0.25, 0.3) is 5.69 Å². The Morgan fingerprint density at radius 1 is 1.26 bits per heavy atom. The zero-order valence-electron chi connectivity index (χ0n) is 9.83. The number of nitrogen functional groups attached to an aromatic ring is 1. The molecule has 0 aliphatic rings. The van der Waals surface area contributed by atoms with E-state index in [0.717, 1.165) is 0 Å². The standard InChI is InChI=1S/C13H10N4O2/c14-8-9-4-5-12(13(6-9)17(18)19)16-11-3-1-2-10(15)7-11/h1-7,16H,15H2. The van der Waals surface area contributed by atoms with Gasteiger partial charge in [0.05, 0.1) is 16.6 Å². The van der Waals surface area contributed by atoms with E-state index in [0.29, 0.717) is 17.1 Å². The lowest BCUT2D eigenvalue weighted by Crippen LogP contribution is -1.98. The zero-order valence-corrected chi connectivity index (χ0v) is 9.83. The fraction of sp³-hybridized carbons (Fsp3) is 0. The molecule has 0 spiro atoms. The summed E-state index contributed by atoms with van der Waals surface area (Å²) in [6, 6.07) is 13.0. The molecule has 0 amide bonds. The molecule has 3 N–H and O–H groups in total. The Hall–Kier alpha value is -3.07. The average molecular weight is 254 g/mol. The van der Waals surface area contributed by atoms with Crippen molar-refractivity contribution in [2.45, 2.75) is 0 Å². The van der Waals surface area contributed by atoms with Crippen LogP contribution in [0.4, 0.5) is 22.7 Å². The van der Waals surface area contributed by atoms with Crippen molar-refractivity contribution in [3.05, 3.63) is 58.1 Å². The summed E-state index contributed by atoms with van der Waals surface area (Å²) in [5.74, 6) is 0. The number of nitro benzene ring substituents is 1. The van der Waals surface area contributed by atoms with Crippen LogP contribution in [0.1, 0.15) is 5.56 Å². The summed E-state index contributed by atoms with van der Waals surface area (Å²) < 4.78 is 0. The van der Waals surface area contributed by atoms with Gasteiger partial charge in [-0.25, -0.2) is 0 Å². The summed E-state index contributed by atoms with van der Waals surface area (Å²) >= 11 is 0. The number of benzene rings is 2. The highest BCUT2D eigenvalue weighted by Gasteiger charge is 2.14. The summed E-state index contributed by atoms with van der Waals surface area (Å²) in [7, 11) is 0. The lowest BCUT2D eigenvalue weighted by atomic mass is 10.2. The normalized spacial score (nSPS) is 9.63. The van der Waals surface area contributed by atoms with E-state index >= 15 is 0 Å². The van der Waals surface area contributed by atoms with Gasteiger partial charge < -0.3 is 11.1 Å². The van der Waals surface area contributed by atoms with E-state index in [-0.39, 0.29) is 11.3 Å². The van der Waals surface area contributed by atoms with Crippen molar-refractivity contribution in [2.24, 2.45) is 0 Å². The van der Waals surface area contributed by atoms with Gasteiger partial charge in [-0.2, -0.15) is 5.26 Å². The molecule has 0 saturated carbocycles. The molecule has 6 nitrogen and oxygen atoms in total. The van der Waals surface area contributed by atoms with Gasteiger partial charge in [-0.15, -0.1) is 0 Å². The first kappa shape index (κ1) is 12.4. The third kappa shape index (κ3) is 2.79. The quantitative estimate of drug-likeness (QED) is 0.497. The van der Waals surface area contributed by atoms with E-state index in [2.05, 4.69) is 5.32 Å². The third-order valence-corrected chi connectivity index (χ3v) is 2.49. The number of nitrogens with two attached hydrogens (primary N) is 1. The van der Waals surface area contributed by atoms with Crippen molar-refractivity contribution < 1.29 is 4.92 Å². The van der Waals surface area contributed by atoms with Crippen LogP contribution in [0.3, 0.4) is 0 Å². The van der Waals surface area contributed by atoms with Crippen LogP contribution < -0.4 is 11.1 Å². The van der Waals surface area contributed by atoms with Gasteiger partial charge in [0.1, 0.15) is 5.69 Å². The maximum atomic E-state index is 11.0. The Morgan fingerprint density at radius 2 is 2.05 bits per heavy atom. The monoisotopic (exact) mass is 254 g/mol. The van der Waals surface area contributed by atoms with Crippen LogP contribution in [0.15, 0.2) is 42.5 Å². The minimum Gasteiger partial charge on any atom is -0.399 e. The molecule has 19 heavy (non-hydrogen) atoms. The van der Waals surface area contributed by atoms with E-state index in [1.807, 2.05) is 6.07 Å². The minimum absolute atomic E-state index is 0.151. The Morgan fingerprint density at radius 3 is 2.68 bits per heavy atom. The summed E-state index contributed by atoms with van der Waals surface area (Å²) in [5, 5.41) is 22.6. The smallest absolute Gasteiger partial charge is 0.293 e. The van der Waals surface area contributed by atoms with Gasteiger partial charge in [-0.1, -0.05) is 6.07 Å². The summed E-state index contributed by atoms with van der Waals surface area (Å²) in [6.07, 6.45) is 0. The summed E-state index contributed by atoms with van der Waals surface area (Å²) in [5.41, 5.74) is 7.25. The molecule has 0 unspecified atom stereocenters. The molecule has 0 radical (unpaired) electrons. The van der Waals surface area contributed by atoms with E-state index < -0.39 is 4.92 Å². The highest BCUT2D eigenvalue weighted by atomic mass is 16.6. The van der Waals surface area contributed by atoms with Crippen molar-refractivity contribution >= 4 is 22.7 Å². The second-order valence-electron chi connectivity index (χ2n) is 3.85. The van der Waals surface area contributed by atoms with E-state index in [1.165, 1.54) is 18.2 Å². The molecule has 2 aromatic rings. The number of nitriles is 1. The number of nitro groups is 1. The van der Waals surface area contributed by atoms with E-state index in [4.69, 9.17) is 11.0 Å². The van der Waals surface area contributed by atoms with Gasteiger partial charge in [0.2, 0.25) is 0 Å². The number of anilines is 3. The second-order valence-corrected chi connectivity index (χ2v) is 3.85. The van der Waals surface area contributed by atoms with E-state index in [1.54, 1.807) is 24.3 Å². The van der Waals surface area contributed by atoms with Crippen LogP contribution in [-0.4, -0.2) is 4.92 Å². The summed E-state index contributed by atoms with van der Waals surface area (Å²) in [4.78, 5) is 10.4. The number of nitrogens with zero attached hydrogens (tertiary/aromatic N) is 2.